The Kier molecular flexibility index (Phi) is 5.54. The first-order chi connectivity index (χ1) is 13.4. The largest absolute Gasteiger partial charge is 0.508 e. The zero-order valence-electron chi connectivity index (χ0n) is 15.9. The lowest BCUT2D eigenvalue weighted by Gasteiger charge is -2.12. The fourth-order valence-corrected chi connectivity index (χ4v) is 3.03. The number of aromatic hydroxyl groups is 1. The summed E-state index contributed by atoms with van der Waals surface area (Å²) in [5.41, 5.74) is 1.47. The minimum Gasteiger partial charge on any atom is -0.508 e. The molecule has 1 aromatic heterocycles. The number of fused-ring (bicyclic) bond motifs is 1. The Bertz CT molecular complexity index is 1090. The number of nitrogens with one attached hydrogen (secondary N) is 1. The summed E-state index contributed by atoms with van der Waals surface area (Å²) >= 11 is 0. The molecule has 0 fully saturated rings. The molecule has 1 amide bonds. The molecule has 0 atom stereocenters. The van der Waals surface area contributed by atoms with Gasteiger partial charge in [0.15, 0.2) is 0 Å². The second kappa shape index (κ2) is 8.04. The van der Waals surface area contributed by atoms with Crippen molar-refractivity contribution in [1.29, 1.82) is 0 Å². The van der Waals surface area contributed by atoms with E-state index in [1.54, 1.807) is 31.2 Å². The van der Waals surface area contributed by atoms with Gasteiger partial charge in [0.05, 0.1) is 19.9 Å². The molecule has 7 nitrogen and oxygen atoms in total. The summed E-state index contributed by atoms with van der Waals surface area (Å²) in [4.78, 5) is 24.7. The van der Waals surface area contributed by atoms with Gasteiger partial charge >= 0.3 is 5.63 Å². The third kappa shape index (κ3) is 3.93. The SMILES string of the molecule is COc1ccc(OC)c(NC(=O)CCc2c(C)c3ccc(O)cc3oc2=O)c1. The van der Waals surface area contributed by atoms with Crippen LogP contribution in [-0.4, -0.2) is 25.2 Å². The van der Waals surface area contributed by atoms with Crippen molar-refractivity contribution in [3.05, 3.63) is 57.9 Å². The smallest absolute Gasteiger partial charge is 0.339 e. The minimum absolute atomic E-state index is 0.0226. The average Bonchev–Trinajstić information content (AvgIpc) is 2.67. The number of ether oxygens (including phenoxy) is 2. The fourth-order valence-electron chi connectivity index (χ4n) is 3.03. The number of carbonyl (C=O) groups is 1. The van der Waals surface area contributed by atoms with Crippen LogP contribution in [-0.2, 0) is 11.2 Å². The Morgan fingerprint density at radius 2 is 1.93 bits per heavy atom. The number of aryl methyl sites for hydroxylation is 1. The lowest BCUT2D eigenvalue weighted by molar-refractivity contribution is -0.116. The van der Waals surface area contributed by atoms with Gasteiger partial charge in [-0.3, -0.25) is 4.79 Å². The van der Waals surface area contributed by atoms with Crippen LogP contribution in [0.1, 0.15) is 17.5 Å². The van der Waals surface area contributed by atoms with Gasteiger partial charge in [-0.2, -0.15) is 0 Å². The van der Waals surface area contributed by atoms with Crippen LogP contribution in [0.15, 0.2) is 45.6 Å². The van der Waals surface area contributed by atoms with Gasteiger partial charge < -0.3 is 24.3 Å². The first-order valence-electron chi connectivity index (χ1n) is 8.70. The molecule has 2 N–H and O–H groups in total. The second-order valence-corrected chi connectivity index (χ2v) is 6.29. The summed E-state index contributed by atoms with van der Waals surface area (Å²) in [5.74, 6) is 0.853. The molecule has 1 heterocycles. The molecule has 0 aliphatic rings. The molecule has 2 aromatic carbocycles. The highest BCUT2D eigenvalue weighted by molar-refractivity contribution is 5.93. The van der Waals surface area contributed by atoms with E-state index in [0.717, 1.165) is 10.9 Å². The number of methoxy groups -OCH3 is 2. The number of carbonyl (C=O) groups excluding carboxylic acids is 1. The fraction of sp³-hybridized carbons (Fsp3) is 0.238. The van der Waals surface area contributed by atoms with Gasteiger partial charge in [0, 0.05) is 29.5 Å². The third-order valence-corrected chi connectivity index (χ3v) is 4.55. The number of hydrogen-bond donors (Lipinski definition) is 2. The van der Waals surface area contributed by atoms with Crippen LogP contribution in [0.25, 0.3) is 11.0 Å². The first-order valence-corrected chi connectivity index (χ1v) is 8.70. The lowest BCUT2D eigenvalue weighted by atomic mass is 10.0. The maximum Gasteiger partial charge on any atom is 0.339 e. The second-order valence-electron chi connectivity index (χ2n) is 6.29. The molecule has 7 heteroatoms. The highest BCUT2D eigenvalue weighted by atomic mass is 16.5. The zero-order valence-corrected chi connectivity index (χ0v) is 15.9. The normalized spacial score (nSPS) is 10.7. The van der Waals surface area contributed by atoms with Crippen LogP contribution in [0.3, 0.4) is 0 Å². The molecule has 0 bridgehead atoms. The molecule has 3 rings (SSSR count). The molecule has 0 aliphatic heterocycles. The number of anilines is 1. The highest BCUT2D eigenvalue weighted by Gasteiger charge is 2.15. The highest BCUT2D eigenvalue weighted by Crippen LogP contribution is 2.29. The molecule has 0 spiro atoms. The van der Waals surface area contributed by atoms with Gasteiger partial charge in [-0.1, -0.05) is 0 Å². The van der Waals surface area contributed by atoms with Crippen molar-refractivity contribution in [2.24, 2.45) is 0 Å². The summed E-state index contributed by atoms with van der Waals surface area (Å²) in [5, 5.41) is 13.0. The number of phenolic OH excluding ortho intramolecular Hbond substituents is 1. The van der Waals surface area contributed by atoms with E-state index in [1.807, 2.05) is 0 Å². The summed E-state index contributed by atoms with van der Waals surface area (Å²) in [6, 6.07) is 9.71. The quantitative estimate of drug-likeness (QED) is 0.633. The van der Waals surface area contributed by atoms with Gasteiger partial charge in [0.25, 0.3) is 0 Å². The van der Waals surface area contributed by atoms with Crippen molar-refractivity contribution in [2.45, 2.75) is 19.8 Å². The molecule has 0 radical (unpaired) electrons. The van der Waals surface area contributed by atoms with Crippen molar-refractivity contribution in [3.63, 3.8) is 0 Å². The first kappa shape index (κ1) is 19.3. The molecule has 0 unspecified atom stereocenters. The Morgan fingerprint density at radius 1 is 1.14 bits per heavy atom. The van der Waals surface area contributed by atoms with E-state index < -0.39 is 5.63 Å². The lowest BCUT2D eigenvalue weighted by Crippen LogP contribution is -2.17. The summed E-state index contributed by atoms with van der Waals surface area (Å²) in [6.07, 6.45) is 0.318. The summed E-state index contributed by atoms with van der Waals surface area (Å²) in [6.45, 7) is 1.80. The van der Waals surface area contributed by atoms with E-state index in [9.17, 15) is 14.7 Å². The molecule has 146 valence electrons. The summed E-state index contributed by atoms with van der Waals surface area (Å²) < 4.78 is 15.7. The maximum absolute atomic E-state index is 12.4. The van der Waals surface area contributed by atoms with Gasteiger partial charge in [-0.15, -0.1) is 0 Å². The zero-order chi connectivity index (χ0) is 20.3. The third-order valence-electron chi connectivity index (χ3n) is 4.55. The topological polar surface area (TPSA) is 98.0 Å². The standard InChI is InChI=1S/C21H21NO6/c1-12-15-6-4-13(23)10-19(15)28-21(25)16(12)7-9-20(24)22-17-11-14(26-2)5-8-18(17)27-3/h4-6,8,10-11,23H,7,9H2,1-3H3,(H,22,24). The number of phenols is 1. The van der Waals surface area contributed by atoms with Crippen LogP contribution < -0.4 is 20.4 Å². The number of hydrogen-bond acceptors (Lipinski definition) is 6. The van der Waals surface area contributed by atoms with Crippen LogP contribution in [0.4, 0.5) is 5.69 Å². The Hall–Kier alpha value is -3.48. The number of amides is 1. The molecule has 0 aliphatic carbocycles. The maximum atomic E-state index is 12.4. The van der Waals surface area contributed by atoms with Crippen LogP contribution in [0.5, 0.6) is 17.2 Å². The van der Waals surface area contributed by atoms with E-state index in [4.69, 9.17) is 13.9 Å². The molecule has 28 heavy (non-hydrogen) atoms. The van der Waals surface area contributed by atoms with E-state index >= 15 is 0 Å². The average molecular weight is 383 g/mol. The van der Waals surface area contributed by atoms with Crippen molar-refractivity contribution in [1.82, 2.24) is 0 Å². The predicted octanol–water partition coefficient (Wildman–Crippen LogP) is 3.40. The van der Waals surface area contributed by atoms with E-state index in [-0.39, 0.29) is 24.5 Å². The van der Waals surface area contributed by atoms with Gasteiger partial charge in [0.2, 0.25) is 5.91 Å². The minimum atomic E-state index is -0.512. The number of benzene rings is 2. The van der Waals surface area contributed by atoms with Crippen molar-refractivity contribution in [3.8, 4) is 17.2 Å². The van der Waals surface area contributed by atoms with Crippen molar-refractivity contribution < 1.29 is 23.8 Å². The van der Waals surface area contributed by atoms with Gasteiger partial charge in [0.1, 0.15) is 22.8 Å². The van der Waals surface area contributed by atoms with Crippen molar-refractivity contribution >= 4 is 22.6 Å². The van der Waals surface area contributed by atoms with E-state index in [1.165, 1.54) is 26.4 Å². The van der Waals surface area contributed by atoms with Crippen LogP contribution >= 0.6 is 0 Å². The predicted molar refractivity (Wildman–Crippen MR) is 105 cm³/mol. The molecule has 0 saturated heterocycles. The molecule has 0 saturated carbocycles. The molecule has 3 aromatic rings. The molecular formula is C21H21NO6. The Morgan fingerprint density at radius 3 is 2.64 bits per heavy atom. The van der Waals surface area contributed by atoms with E-state index in [2.05, 4.69) is 5.32 Å². The van der Waals surface area contributed by atoms with Gasteiger partial charge in [-0.25, -0.2) is 4.79 Å². The molecular weight excluding hydrogens is 362 g/mol. The summed E-state index contributed by atoms with van der Waals surface area (Å²) in [7, 11) is 3.05. The van der Waals surface area contributed by atoms with Crippen molar-refractivity contribution in [2.75, 3.05) is 19.5 Å². The monoisotopic (exact) mass is 383 g/mol. The van der Waals surface area contributed by atoms with Crippen LogP contribution in [0.2, 0.25) is 0 Å². The Labute approximate surface area is 161 Å². The Balaban J connectivity index is 1.78. The van der Waals surface area contributed by atoms with E-state index in [0.29, 0.717) is 28.3 Å². The van der Waals surface area contributed by atoms with Gasteiger partial charge in [-0.05, 0) is 43.2 Å². The number of rotatable bonds is 6. The van der Waals surface area contributed by atoms with Crippen LogP contribution in [0, 0.1) is 6.92 Å².